The van der Waals surface area contributed by atoms with Gasteiger partial charge in [0.05, 0.1) is 0 Å². The van der Waals surface area contributed by atoms with Gasteiger partial charge in [-0.1, -0.05) is 6.92 Å². The first kappa shape index (κ1) is 11.4. The Bertz CT molecular complexity index is 589. The van der Waals surface area contributed by atoms with Crippen LogP contribution in [0.3, 0.4) is 0 Å². The topological polar surface area (TPSA) is 47.8 Å². The fourth-order valence-electron chi connectivity index (χ4n) is 2.97. The predicted molar refractivity (Wildman–Crippen MR) is 69.1 cm³/mol. The van der Waals surface area contributed by atoms with Gasteiger partial charge in [0.25, 0.3) is 0 Å². The van der Waals surface area contributed by atoms with E-state index in [1.165, 1.54) is 0 Å². The van der Waals surface area contributed by atoms with Crippen LogP contribution in [-0.2, 0) is 11.3 Å². The summed E-state index contributed by atoms with van der Waals surface area (Å²) in [7, 11) is 0. The van der Waals surface area contributed by atoms with Gasteiger partial charge in [0.15, 0.2) is 0 Å². The van der Waals surface area contributed by atoms with E-state index in [0.717, 1.165) is 36.8 Å². The smallest absolute Gasteiger partial charge is 0.143 e. The molecule has 1 atom stereocenters. The molecule has 4 heteroatoms. The number of Topliss-reactive ketones (excluding diaryl/α,β-unsaturated/α-hetero) is 1. The number of rotatable bonds is 2. The minimum absolute atomic E-state index is 0.0756. The number of hydrogen-bond acceptors (Lipinski definition) is 3. The average molecular weight is 243 g/mol. The van der Waals surface area contributed by atoms with Crippen LogP contribution < -0.4 is 0 Å². The summed E-state index contributed by atoms with van der Waals surface area (Å²) in [6, 6.07) is 2.03. The van der Waals surface area contributed by atoms with Crippen LogP contribution in [-0.4, -0.2) is 20.3 Å². The number of carbonyl (C=O) groups excluding carboxylic acids is 1. The van der Waals surface area contributed by atoms with Crippen molar-refractivity contribution in [3.63, 3.8) is 0 Å². The average Bonchev–Trinajstić information content (AvgIpc) is 2.72. The van der Waals surface area contributed by atoms with E-state index in [1.807, 2.05) is 18.5 Å². The van der Waals surface area contributed by atoms with E-state index in [4.69, 9.17) is 0 Å². The molecule has 1 fully saturated rings. The Kier molecular flexibility index (Phi) is 2.65. The highest BCUT2D eigenvalue weighted by Crippen LogP contribution is 2.36. The molecule has 0 bridgehead atoms. The normalized spacial score (nSPS) is 24.6. The molecule has 0 aliphatic heterocycles. The molecule has 2 heterocycles. The molecular formula is C14H17N3O. The molecule has 0 unspecified atom stereocenters. The Hall–Kier alpha value is -1.71. The van der Waals surface area contributed by atoms with E-state index in [-0.39, 0.29) is 5.41 Å². The monoisotopic (exact) mass is 243 g/mol. The van der Waals surface area contributed by atoms with E-state index < -0.39 is 0 Å². The third kappa shape index (κ3) is 2.03. The summed E-state index contributed by atoms with van der Waals surface area (Å²) in [6.07, 6.45) is 9.03. The predicted octanol–water partition coefficient (Wildman–Crippen LogP) is 2.58. The number of carbonyl (C=O) groups is 1. The molecule has 2 aromatic heterocycles. The van der Waals surface area contributed by atoms with E-state index in [2.05, 4.69) is 21.5 Å². The van der Waals surface area contributed by atoms with Crippen molar-refractivity contribution in [2.45, 2.75) is 39.2 Å². The lowest BCUT2D eigenvalue weighted by molar-refractivity contribution is -0.123. The molecule has 18 heavy (non-hydrogen) atoms. The van der Waals surface area contributed by atoms with Crippen molar-refractivity contribution >= 4 is 16.8 Å². The van der Waals surface area contributed by atoms with Gasteiger partial charge in [0.1, 0.15) is 17.8 Å². The van der Waals surface area contributed by atoms with E-state index >= 15 is 0 Å². The highest BCUT2D eigenvalue weighted by molar-refractivity contribution is 5.80. The van der Waals surface area contributed by atoms with Gasteiger partial charge in [-0.3, -0.25) is 4.79 Å². The molecule has 0 aromatic carbocycles. The molecule has 0 spiro atoms. The van der Waals surface area contributed by atoms with E-state index in [1.54, 1.807) is 6.33 Å². The second kappa shape index (κ2) is 4.19. The lowest BCUT2D eigenvalue weighted by Crippen LogP contribution is -2.30. The van der Waals surface area contributed by atoms with Crippen LogP contribution in [0.1, 0.15) is 32.6 Å². The van der Waals surface area contributed by atoms with Gasteiger partial charge >= 0.3 is 0 Å². The maximum atomic E-state index is 11.6. The zero-order valence-corrected chi connectivity index (χ0v) is 10.6. The van der Waals surface area contributed by atoms with Crippen LogP contribution in [0, 0.1) is 5.41 Å². The first-order chi connectivity index (χ1) is 8.66. The summed E-state index contributed by atoms with van der Waals surface area (Å²) in [5, 5.41) is 1.06. The van der Waals surface area contributed by atoms with Crippen molar-refractivity contribution in [3.05, 3.63) is 24.8 Å². The molecule has 2 aromatic rings. The number of hydrogen-bond donors (Lipinski definition) is 0. The first-order valence-electron chi connectivity index (χ1n) is 6.43. The largest absolute Gasteiger partial charge is 0.332 e. The van der Waals surface area contributed by atoms with Gasteiger partial charge in [-0.15, -0.1) is 0 Å². The Morgan fingerprint density at radius 1 is 1.50 bits per heavy atom. The Balaban J connectivity index is 1.89. The van der Waals surface area contributed by atoms with Crippen molar-refractivity contribution in [1.29, 1.82) is 0 Å². The second-order valence-electron chi connectivity index (χ2n) is 5.62. The Labute approximate surface area is 106 Å². The van der Waals surface area contributed by atoms with Crippen molar-refractivity contribution in [3.8, 4) is 0 Å². The zero-order valence-electron chi connectivity index (χ0n) is 10.6. The maximum Gasteiger partial charge on any atom is 0.143 e. The fraction of sp³-hybridized carbons (Fsp3) is 0.500. The third-order valence-electron chi connectivity index (χ3n) is 3.84. The van der Waals surface area contributed by atoms with Crippen LogP contribution in [0.4, 0.5) is 0 Å². The summed E-state index contributed by atoms with van der Waals surface area (Å²) >= 11 is 0. The Morgan fingerprint density at radius 2 is 2.39 bits per heavy atom. The molecule has 0 N–H and O–H groups in total. The van der Waals surface area contributed by atoms with Crippen LogP contribution in [0.25, 0.3) is 11.0 Å². The molecule has 1 aliphatic carbocycles. The second-order valence-corrected chi connectivity index (χ2v) is 5.62. The first-order valence-corrected chi connectivity index (χ1v) is 6.43. The molecule has 1 saturated carbocycles. The summed E-state index contributed by atoms with van der Waals surface area (Å²) in [5.41, 5.74) is 1.04. The fourth-order valence-corrected chi connectivity index (χ4v) is 2.97. The molecular weight excluding hydrogens is 226 g/mol. The number of fused-ring (bicyclic) bond motifs is 1. The van der Waals surface area contributed by atoms with Gasteiger partial charge in [-0.2, -0.15) is 0 Å². The van der Waals surface area contributed by atoms with Gasteiger partial charge in [-0.05, 0) is 24.3 Å². The van der Waals surface area contributed by atoms with Crippen LogP contribution in [0.5, 0.6) is 0 Å². The zero-order chi connectivity index (χ0) is 12.6. The standard InChI is InChI=1S/C14H17N3O/c1-14(5-2-3-12(18)7-14)9-17-6-4-11-8-15-10-16-13(11)17/h4,6,8,10H,2-3,5,7,9H2,1H3/t14-/m0/s1. The minimum Gasteiger partial charge on any atom is -0.332 e. The van der Waals surface area contributed by atoms with Crippen molar-refractivity contribution in [2.75, 3.05) is 0 Å². The minimum atomic E-state index is 0.0756. The molecule has 4 nitrogen and oxygen atoms in total. The molecule has 0 saturated heterocycles. The number of ketones is 1. The Morgan fingerprint density at radius 3 is 3.22 bits per heavy atom. The molecule has 94 valence electrons. The maximum absolute atomic E-state index is 11.6. The molecule has 0 amide bonds. The highest BCUT2D eigenvalue weighted by atomic mass is 16.1. The SMILES string of the molecule is C[C@]1(Cn2ccc3cncnc32)CCCC(=O)C1. The van der Waals surface area contributed by atoms with Gasteiger partial charge in [0.2, 0.25) is 0 Å². The summed E-state index contributed by atoms with van der Waals surface area (Å²) in [4.78, 5) is 20.0. The van der Waals surface area contributed by atoms with Crippen LogP contribution >= 0.6 is 0 Å². The van der Waals surface area contributed by atoms with Crippen molar-refractivity contribution < 1.29 is 4.79 Å². The molecule has 1 aliphatic rings. The number of aromatic nitrogens is 3. The lowest BCUT2D eigenvalue weighted by Gasteiger charge is -2.33. The van der Waals surface area contributed by atoms with Crippen LogP contribution in [0.15, 0.2) is 24.8 Å². The summed E-state index contributed by atoms with van der Waals surface area (Å²) in [6.45, 7) is 3.07. The van der Waals surface area contributed by atoms with Gasteiger partial charge in [0, 0.05) is 37.2 Å². The van der Waals surface area contributed by atoms with Crippen LogP contribution in [0.2, 0.25) is 0 Å². The molecule has 3 rings (SSSR count). The third-order valence-corrected chi connectivity index (χ3v) is 3.84. The highest BCUT2D eigenvalue weighted by Gasteiger charge is 2.31. The van der Waals surface area contributed by atoms with Gasteiger partial charge in [-0.25, -0.2) is 9.97 Å². The lowest BCUT2D eigenvalue weighted by atomic mass is 9.75. The summed E-state index contributed by atoms with van der Waals surface area (Å²) in [5.74, 6) is 0.398. The van der Waals surface area contributed by atoms with Gasteiger partial charge < -0.3 is 4.57 Å². The molecule has 0 radical (unpaired) electrons. The van der Waals surface area contributed by atoms with Crippen molar-refractivity contribution in [1.82, 2.24) is 14.5 Å². The quantitative estimate of drug-likeness (QED) is 0.814. The van der Waals surface area contributed by atoms with Crippen molar-refractivity contribution in [2.24, 2.45) is 5.41 Å². The van der Waals surface area contributed by atoms with E-state index in [0.29, 0.717) is 12.2 Å². The number of nitrogens with zero attached hydrogens (tertiary/aromatic N) is 3. The van der Waals surface area contributed by atoms with E-state index in [9.17, 15) is 4.79 Å². The summed E-state index contributed by atoms with van der Waals surface area (Å²) < 4.78 is 2.15.